The fraction of sp³-hybridized carbons (Fsp3) is 0.364. The van der Waals surface area contributed by atoms with E-state index in [1.807, 2.05) is 37.3 Å². The van der Waals surface area contributed by atoms with Crippen molar-refractivity contribution in [3.63, 3.8) is 0 Å². The van der Waals surface area contributed by atoms with Gasteiger partial charge in [-0.2, -0.15) is 0 Å². The molecule has 8 nitrogen and oxygen atoms in total. The standard InChI is InChI=1S/C22H25N3O5/c1-15-2-5-17(6-3-15)24-22(27)21(26)23-13-18(25-8-10-28-11-9-25)16-4-7-19-20(12-16)30-14-29-19/h2-7,12,18H,8-11,13-14H2,1H3,(H,23,26)(H,24,27). The van der Waals surface area contributed by atoms with Gasteiger partial charge < -0.3 is 24.8 Å². The Bertz CT molecular complexity index is 909. The molecule has 1 saturated heterocycles. The molecule has 2 aliphatic rings. The molecule has 0 radical (unpaired) electrons. The third-order valence-corrected chi connectivity index (χ3v) is 5.24. The summed E-state index contributed by atoms with van der Waals surface area (Å²) in [4.78, 5) is 26.9. The minimum absolute atomic E-state index is 0.112. The molecule has 8 heteroatoms. The zero-order valence-corrected chi connectivity index (χ0v) is 16.8. The number of hydrogen-bond donors (Lipinski definition) is 2. The summed E-state index contributed by atoms with van der Waals surface area (Å²) in [5, 5.41) is 5.40. The predicted molar refractivity (Wildman–Crippen MR) is 111 cm³/mol. The SMILES string of the molecule is Cc1ccc(NC(=O)C(=O)NCC(c2ccc3c(c2)OCO3)N2CCOCC2)cc1. The van der Waals surface area contributed by atoms with E-state index >= 15 is 0 Å². The molecular formula is C22H25N3O5. The number of carbonyl (C=O) groups excluding carboxylic acids is 2. The third-order valence-electron chi connectivity index (χ3n) is 5.24. The van der Waals surface area contributed by atoms with Gasteiger partial charge in [0.15, 0.2) is 11.5 Å². The summed E-state index contributed by atoms with van der Waals surface area (Å²) in [6.45, 7) is 5.19. The highest BCUT2D eigenvalue weighted by Crippen LogP contribution is 2.35. The van der Waals surface area contributed by atoms with Crippen molar-refractivity contribution in [2.24, 2.45) is 0 Å². The summed E-state index contributed by atoms with van der Waals surface area (Å²) in [5.41, 5.74) is 2.65. The highest BCUT2D eigenvalue weighted by atomic mass is 16.7. The van der Waals surface area contributed by atoms with Gasteiger partial charge in [-0.25, -0.2) is 0 Å². The van der Waals surface area contributed by atoms with Crippen LogP contribution in [0.4, 0.5) is 5.69 Å². The Morgan fingerprint density at radius 1 is 1.00 bits per heavy atom. The first-order valence-electron chi connectivity index (χ1n) is 9.97. The maximum atomic E-state index is 12.4. The summed E-state index contributed by atoms with van der Waals surface area (Å²) in [7, 11) is 0. The van der Waals surface area contributed by atoms with Crippen molar-refractivity contribution in [2.45, 2.75) is 13.0 Å². The lowest BCUT2D eigenvalue weighted by molar-refractivity contribution is -0.136. The van der Waals surface area contributed by atoms with E-state index in [1.165, 1.54) is 0 Å². The van der Waals surface area contributed by atoms with Crippen LogP contribution in [0.15, 0.2) is 42.5 Å². The number of ether oxygens (including phenoxy) is 3. The van der Waals surface area contributed by atoms with E-state index in [1.54, 1.807) is 12.1 Å². The number of fused-ring (bicyclic) bond motifs is 1. The van der Waals surface area contributed by atoms with E-state index in [9.17, 15) is 9.59 Å². The minimum atomic E-state index is -0.690. The maximum absolute atomic E-state index is 12.4. The van der Waals surface area contributed by atoms with Crippen molar-refractivity contribution in [2.75, 3.05) is 45.0 Å². The van der Waals surface area contributed by atoms with Gasteiger partial charge in [0.05, 0.1) is 19.3 Å². The van der Waals surface area contributed by atoms with E-state index in [4.69, 9.17) is 14.2 Å². The van der Waals surface area contributed by atoms with Gasteiger partial charge in [0.25, 0.3) is 0 Å². The number of rotatable bonds is 5. The van der Waals surface area contributed by atoms with Crippen LogP contribution in [0.5, 0.6) is 11.5 Å². The first-order valence-corrected chi connectivity index (χ1v) is 9.97. The first kappa shape index (κ1) is 20.2. The molecule has 2 aliphatic heterocycles. The summed E-state index contributed by atoms with van der Waals surface area (Å²) >= 11 is 0. The molecule has 4 rings (SSSR count). The lowest BCUT2D eigenvalue weighted by Crippen LogP contribution is -2.45. The van der Waals surface area contributed by atoms with Crippen LogP contribution in [0.25, 0.3) is 0 Å². The number of anilines is 1. The largest absolute Gasteiger partial charge is 0.454 e. The van der Waals surface area contributed by atoms with E-state index < -0.39 is 11.8 Å². The van der Waals surface area contributed by atoms with Gasteiger partial charge in [-0.3, -0.25) is 14.5 Å². The minimum Gasteiger partial charge on any atom is -0.454 e. The number of nitrogens with zero attached hydrogens (tertiary/aromatic N) is 1. The summed E-state index contributed by atoms with van der Waals surface area (Å²) < 4.78 is 16.4. The molecule has 1 unspecified atom stereocenters. The Morgan fingerprint density at radius 3 is 2.50 bits per heavy atom. The summed E-state index contributed by atoms with van der Waals surface area (Å²) in [6, 6.07) is 12.9. The van der Waals surface area contributed by atoms with Crippen LogP contribution in [-0.4, -0.2) is 56.4 Å². The average molecular weight is 411 g/mol. The monoisotopic (exact) mass is 411 g/mol. The number of morpholine rings is 1. The van der Waals surface area contributed by atoms with Crippen molar-refractivity contribution >= 4 is 17.5 Å². The summed E-state index contributed by atoms with van der Waals surface area (Å²) in [5.74, 6) is 0.0371. The molecule has 0 bridgehead atoms. The van der Waals surface area contributed by atoms with Crippen LogP contribution in [0, 0.1) is 6.92 Å². The quantitative estimate of drug-likeness (QED) is 0.730. The molecule has 0 aliphatic carbocycles. The molecule has 2 N–H and O–H groups in total. The molecule has 2 amide bonds. The zero-order valence-electron chi connectivity index (χ0n) is 16.8. The third kappa shape index (κ3) is 4.72. The molecule has 1 fully saturated rings. The second kappa shape index (κ2) is 9.15. The fourth-order valence-electron chi connectivity index (χ4n) is 3.56. The molecule has 2 heterocycles. The van der Waals surface area contributed by atoms with Crippen LogP contribution in [-0.2, 0) is 14.3 Å². The molecule has 1 atom stereocenters. The number of carbonyl (C=O) groups is 2. The predicted octanol–water partition coefficient (Wildman–Crippen LogP) is 1.85. The van der Waals surface area contributed by atoms with Gasteiger partial charge in [0.2, 0.25) is 6.79 Å². The van der Waals surface area contributed by atoms with Gasteiger partial charge in [-0.15, -0.1) is 0 Å². The molecule has 0 aromatic heterocycles. The molecule has 0 saturated carbocycles. The maximum Gasteiger partial charge on any atom is 0.313 e. The van der Waals surface area contributed by atoms with Gasteiger partial charge in [0, 0.05) is 25.3 Å². The Kier molecular flexibility index (Phi) is 6.15. The van der Waals surface area contributed by atoms with Crippen molar-refractivity contribution in [1.82, 2.24) is 10.2 Å². The second-order valence-corrected chi connectivity index (χ2v) is 7.31. The highest BCUT2D eigenvalue weighted by Gasteiger charge is 2.26. The van der Waals surface area contributed by atoms with Gasteiger partial charge in [-0.05, 0) is 36.8 Å². The molecule has 0 spiro atoms. The van der Waals surface area contributed by atoms with Gasteiger partial charge >= 0.3 is 11.8 Å². The Hall–Kier alpha value is -3.10. The molecule has 158 valence electrons. The van der Waals surface area contributed by atoms with Crippen LogP contribution in [0.2, 0.25) is 0 Å². The van der Waals surface area contributed by atoms with Crippen molar-refractivity contribution in [3.05, 3.63) is 53.6 Å². The van der Waals surface area contributed by atoms with E-state index in [2.05, 4.69) is 15.5 Å². The van der Waals surface area contributed by atoms with Crippen molar-refractivity contribution in [3.8, 4) is 11.5 Å². The van der Waals surface area contributed by atoms with Crippen LogP contribution < -0.4 is 20.1 Å². The van der Waals surface area contributed by atoms with Gasteiger partial charge in [-0.1, -0.05) is 23.8 Å². The number of aryl methyl sites for hydroxylation is 1. The fourth-order valence-corrected chi connectivity index (χ4v) is 3.56. The van der Waals surface area contributed by atoms with Crippen LogP contribution >= 0.6 is 0 Å². The lowest BCUT2D eigenvalue weighted by Gasteiger charge is -2.34. The molecule has 2 aromatic carbocycles. The zero-order chi connectivity index (χ0) is 20.9. The molecular weight excluding hydrogens is 386 g/mol. The highest BCUT2D eigenvalue weighted by molar-refractivity contribution is 6.39. The molecule has 2 aromatic rings. The van der Waals surface area contributed by atoms with E-state index in [0.29, 0.717) is 36.9 Å². The topological polar surface area (TPSA) is 89.1 Å². The Morgan fingerprint density at radius 2 is 1.73 bits per heavy atom. The van der Waals surface area contributed by atoms with Crippen molar-refractivity contribution in [1.29, 1.82) is 0 Å². The van der Waals surface area contributed by atoms with Crippen LogP contribution in [0.3, 0.4) is 0 Å². The number of nitrogens with one attached hydrogen (secondary N) is 2. The second-order valence-electron chi connectivity index (χ2n) is 7.31. The Balaban J connectivity index is 1.43. The Labute approximate surface area is 175 Å². The first-order chi connectivity index (χ1) is 14.6. The lowest BCUT2D eigenvalue weighted by atomic mass is 10.0. The smallest absolute Gasteiger partial charge is 0.313 e. The number of amides is 2. The van der Waals surface area contributed by atoms with Crippen LogP contribution in [0.1, 0.15) is 17.2 Å². The van der Waals surface area contributed by atoms with E-state index in [0.717, 1.165) is 24.2 Å². The van der Waals surface area contributed by atoms with Crippen molar-refractivity contribution < 1.29 is 23.8 Å². The van der Waals surface area contributed by atoms with E-state index in [-0.39, 0.29) is 12.8 Å². The number of benzene rings is 2. The average Bonchev–Trinajstić information content (AvgIpc) is 3.24. The number of hydrogen-bond acceptors (Lipinski definition) is 6. The summed E-state index contributed by atoms with van der Waals surface area (Å²) in [6.07, 6.45) is 0. The normalized spacial score (nSPS) is 16.7. The van der Waals surface area contributed by atoms with Gasteiger partial charge in [0.1, 0.15) is 0 Å². The molecule has 30 heavy (non-hydrogen) atoms.